The second-order valence-corrected chi connectivity index (χ2v) is 10.4. The molecule has 0 spiro atoms. The van der Waals surface area contributed by atoms with Crippen LogP contribution in [0.25, 0.3) is 0 Å². The van der Waals surface area contributed by atoms with Gasteiger partial charge in [-0.25, -0.2) is 0 Å². The van der Waals surface area contributed by atoms with Crippen molar-refractivity contribution in [2.24, 2.45) is 0 Å². The summed E-state index contributed by atoms with van der Waals surface area (Å²) in [6.45, 7) is 0. The van der Waals surface area contributed by atoms with Crippen LogP contribution in [0.1, 0.15) is 11.1 Å². The Labute approximate surface area is 218 Å². The van der Waals surface area contributed by atoms with Crippen LogP contribution < -0.4 is 11.5 Å². The highest BCUT2D eigenvalue weighted by atomic mass is 32.2. The Morgan fingerprint density at radius 2 is 0.649 bits per heavy atom. The highest BCUT2D eigenvalue weighted by molar-refractivity contribution is 7.99. The Kier molecular flexibility index (Phi) is 7.43. The number of nitrogens with two attached hydrogens (primary N) is 2. The molecule has 0 saturated heterocycles. The van der Waals surface area contributed by atoms with E-state index < -0.39 is 28.9 Å². The van der Waals surface area contributed by atoms with Crippen LogP contribution in [-0.2, 0) is 5.41 Å². The lowest BCUT2D eigenvalue weighted by Crippen LogP contribution is -2.54. The van der Waals surface area contributed by atoms with E-state index in [1.807, 2.05) is 0 Å². The van der Waals surface area contributed by atoms with Crippen LogP contribution in [0.2, 0.25) is 0 Å². The van der Waals surface area contributed by atoms with Gasteiger partial charge in [0.15, 0.2) is 0 Å². The Balaban J connectivity index is 1.71. The van der Waals surface area contributed by atoms with Crippen LogP contribution in [0.15, 0.2) is 117 Å². The zero-order chi connectivity index (χ0) is 26.8. The van der Waals surface area contributed by atoms with Gasteiger partial charge in [0.05, 0.1) is 0 Å². The molecule has 0 amide bonds. The highest BCUT2D eigenvalue weighted by Crippen LogP contribution is 2.56. The molecule has 0 radical (unpaired) electrons. The van der Waals surface area contributed by atoms with Crippen molar-refractivity contribution in [1.82, 2.24) is 0 Å². The third-order valence-electron chi connectivity index (χ3n) is 5.66. The van der Waals surface area contributed by atoms with E-state index in [0.29, 0.717) is 21.2 Å². The van der Waals surface area contributed by atoms with E-state index in [9.17, 15) is 26.3 Å². The van der Waals surface area contributed by atoms with E-state index in [1.165, 1.54) is 47.8 Å². The number of anilines is 2. The summed E-state index contributed by atoms with van der Waals surface area (Å²) in [4.78, 5) is 2.46. The molecular formula is C27H20F6N2S2. The van der Waals surface area contributed by atoms with Crippen LogP contribution in [-0.4, -0.2) is 12.4 Å². The van der Waals surface area contributed by atoms with E-state index in [1.54, 1.807) is 48.5 Å². The number of halogens is 6. The van der Waals surface area contributed by atoms with Crippen LogP contribution >= 0.6 is 23.5 Å². The summed E-state index contributed by atoms with van der Waals surface area (Å²) in [5, 5.41) is 0. The van der Waals surface area contributed by atoms with E-state index in [2.05, 4.69) is 0 Å². The maximum atomic E-state index is 14.5. The zero-order valence-electron chi connectivity index (χ0n) is 19.0. The van der Waals surface area contributed by atoms with Crippen LogP contribution in [0, 0.1) is 0 Å². The molecule has 4 aromatic carbocycles. The molecule has 37 heavy (non-hydrogen) atoms. The normalized spacial score (nSPS) is 12.5. The number of nitrogen functional groups attached to an aromatic ring is 2. The van der Waals surface area contributed by atoms with Gasteiger partial charge in [-0.3, -0.25) is 0 Å². The first-order chi connectivity index (χ1) is 17.4. The zero-order valence-corrected chi connectivity index (χ0v) is 20.6. The first-order valence-electron chi connectivity index (χ1n) is 10.8. The summed E-state index contributed by atoms with van der Waals surface area (Å²) in [6, 6.07) is 22.1. The molecule has 0 bridgehead atoms. The second kappa shape index (κ2) is 10.3. The fourth-order valence-electron chi connectivity index (χ4n) is 3.87. The van der Waals surface area contributed by atoms with Crippen molar-refractivity contribution in [3.63, 3.8) is 0 Å². The van der Waals surface area contributed by atoms with E-state index in [4.69, 9.17) is 11.5 Å². The third kappa shape index (κ3) is 5.55. The maximum Gasteiger partial charge on any atom is 0.411 e. The van der Waals surface area contributed by atoms with Gasteiger partial charge in [-0.05, 0) is 83.9 Å². The molecule has 0 fully saturated rings. The fraction of sp³-hybridized carbons (Fsp3) is 0.111. The summed E-state index contributed by atoms with van der Waals surface area (Å²) in [7, 11) is 0. The minimum atomic E-state index is -5.65. The van der Waals surface area contributed by atoms with Crippen molar-refractivity contribution in [3.05, 3.63) is 108 Å². The van der Waals surface area contributed by atoms with E-state index >= 15 is 0 Å². The maximum absolute atomic E-state index is 14.5. The number of benzene rings is 4. The van der Waals surface area contributed by atoms with Gasteiger partial charge in [-0.1, -0.05) is 47.8 Å². The molecule has 0 aliphatic heterocycles. The second-order valence-electron chi connectivity index (χ2n) is 8.14. The Hall–Kier alpha value is -3.24. The number of alkyl halides is 6. The van der Waals surface area contributed by atoms with Gasteiger partial charge in [-0.2, -0.15) is 26.3 Å². The molecule has 4 aromatic rings. The van der Waals surface area contributed by atoms with Crippen molar-refractivity contribution >= 4 is 34.9 Å². The predicted molar refractivity (Wildman–Crippen MR) is 136 cm³/mol. The minimum Gasteiger partial charge on any atom is -0.399 e. The molecule has 0 aliphatic rings. The van der Waals surface area contributed by atoms with Crippen molar-refractivity contribution in [2.75, 3.05) is 11.5 Å². The number of rotatable bonds is 6. The van der Waals surface area contributed by atoms with Gasteiger partial charge in [0.1, 0.15) is 0 Å². The minimum absolute atomic E-state index is 0.488. The molecule has 4 N–H and O–H groups in total. The fourth-order valence-corrected chi connectivity index (χ4v) is 5.50. The van der Waals surface area contributed by atoms with Gasteiger partial charge in [0, 0.05) is 31.0 Å². The van der Waals surface area contributed by atoms with Gasteiger partial charge in [0.25, 0.3) is 0 Å². The number of hydrogen-bond donors (Lipinski definition) is 2. The summed E-state index contributed by atoms with van der Waals surface area (Å²) in [5.74, 6) is 0. The van der Waals surface area contributed by atoms with Crippen LogP contribution in [0.4, 0.5) is 37.7 Å². The van der Waals surface area contributed by atoms with Crippen molar-refractivity contribution in [2.45, 2.75) is 37.3 Å². The van der Waals surface area contributed by atoms with Crippen molar-refractivity contribution < 1.29 is 26.3 Å². The largest absolute Gasteiger partial charge is 0.411 e. The van der Waals surface area contributed by atoms with E-state index in [0.717, 1.165) is 34.1 Å². The standard InChI is InChI=1S/C27H20F6N2S2/c28-26(29,30)25(27(31,32)33,17-1-9-21(10-2-17)36-23-13-5-19(34)6-14-23)18-3-11-22(12-4-18)37-24-15-7-20(35)8-16-24/h1-16H,34-35H2. The molecule has 0 aromatic heterocycles. The topological polar surface area (TPSA) is 52.0 Å². The van der Waals surface area contributed by atoms with Crippen molar-refractivity contribution in [1.29, 1.82) is 0 Å². The average Bonchev–Trinajstić information content (AvgIpc) is 2.83. The van der Waals surface area contributed by atoms with Crippen LogP contribution in [0.3, 0.4) is 0 Å². The van der Waals surface area contributed by atoms with Gasteiger partial charge >= 0.3 is 12.4 Å². The molecule has 0 heterocycles. The molecule has 10 heteroatoms. The molecule has 192 valence electrons. The lowest BCUT2D eigenvalue weighted by atomic mass is 9.73. The first-order valence-corrected chi connectivity index (χ1v) is 12.4. The monoisotopic (exact) mass is 550 g/mol. The van der Waals surface area contributed by atoms with Gasteiger partial charge in [-0.15, -0.1) is 0 Å². The van der Waals surface area contributed by atoms with Gasteiger partial charge < -0.3 is 11.5 Å². The molecule has 0 saturated carbocycles. The molecule has 0 unspecified atom stereocenters. The molecular weight excluding hydrogens is 530 g/mol. The molecule has 2 nitrogen and oxygen atoms in total. The van der Waals surface area contributed by atoms with Crippen molar-refractivity contribution in [3.8, 4) is 0 Å². The lowest BCUT2D eigenvalue weighted by Gasteiger charge is -2.38. The predicted octanol–water partition coefficient (Wildman–Crippen LogP) is 8.56. The summed E-state index contributed by atoms with van der Waals surface area (Å²) < 4.78 is 86.8. The molecule has 4 rings (SSSR count). The summed E-state index contributed by atoms with van der Waals surface area (Å²) >= 11 is 2.40. The summed E-state index contributed by atoms with van der Waals surface area (Å²) in [6.07, 6.45) is -11.3. The molecule has 0 aliphatic carbocycles. The van der Waals surface area contributed by atoms with Crippen LogP contribution in [0.5, 0.6) is 0 Å². The first kappa shape index (κ1) is 26.8. The third-order valence-corrected chi connectivity index (χ3v) is 7.69. The van der Waals surface area contributed by atoms with Gasteiger partial charge in [0.2, 0.25) is 5.41 Å². The smallest absolute Gasteiger partial charge is 0.399 e. The Morgan fingerprint density at radius 3 is 0.892 bits per heavy atom. The molecule has 0 atom stereocenters. The summed E-state index contributed by atoms with van der Waals surface area (Å²) in [5.41, 5.74) is 6.36. The quantitative estimate of drug-likeness (QED) is 0.187. The Bertz CT molecular complexity index is 1230. The number of hydrogen-bond acceptors (Lipinski definition) is 4. The SMILES string of the molecule is Nc1ccc(Sc2ccc(C(c3ccc(Sc4ccc(N)cc4)cc3)(C(F)(F)F)C(F)(F)F)cc2)cc1. The lowest BCUT2D eigenvalue weighted by molar-refractivity contribution is -0.288. The van der Waals surface area contributed by atoms with E-state index in [-0.39, 0.29) is 0 Å². The highest BCUT2D eigenvalue weighted by Gasteiger charge is 2.72. The average molecular weight is 551 g/mol. The Morgan fingerprint density at radius 1 is 0.405 bits per heavy atom.